The van der Waals surface area contributed by atoms with Crippen LogP contribution in [0.3, 0.4) is 0 Å². The van der Waals surface area contributed by atoms with Gasteiger partial charge < -0.3 is 5.11 Å². The second-order valence-electron chi connectivity index (χ2n) is 12.1. The van der Waals surface area contributed by atoms with Gasteiger partial charge in [0.2, 0.25) is 0 Å². The van der Waals surface area contributed by atoms with Crippen molar-refractivity contribution in [3.63, 3.8) is 0 Å². The minimum absolute atomic E-state index is 0.0557. The van der Waals surface area contributed by atoms with Crippen molar-refractivity contribution in [2.45, 2.75) is 96.0 Å². The van der Waals surface area contributed by atoms with Crippen molar-refractivity contribution in [3.05, 3.63) is 29.8 Å². The summed E-state index contributed by atoms with van der Waals surface area (Å²) in [5.74, 6) is 4.01. The van der Waals surface area contributed by atoms with Crippen molar-refractivity contribution in [3.8, 4) is 0 Å². The fourth-order valence-corrected chi connectivity index (χ4v) is 9.54. The normalized spacial score (nSPS) is 44.4. The van der Waals surface area contributed by atoms with E-state index in [0.717, 1.165) is 47.8 Å². The van der Waals surface area contributed by atoms with Crippen LogP contribution in [-0.2, 0) is 15.3 Å². The van der Waals surface area contributed by atoms with E-state index in [1.54, 1.807) is 0 Å². The second kappa shape index (κ2) is 8.82. The van der Waals surface area contributed by atoms with E-state index in [4.69, 9.17) is 4.18 Å². The van der Waals surface area contributed by atoms with E-state index in [-0.39, 0.29) is 6.10 Å². The summed E-state index contributed by atoms with van der Waals surface area (Å²) in [6.07, 6.45) is 12.3. The Morgan fingerprint density at radius 2 is 1.69 bits per heavy atom. The van der Waals surface area contributed by atoms with Crippen LogP contribution in [0.5, 0.6) is 0 Å². The average molecular weight is 459 g/mol. The number of aliphatic hydroxyl groups excluding tert-OH is 1. The highest BCUT2D eigenvalue weighted by atomic mass is 32.2. The number of aryl methyl sites for hydroxylation is 1. The van der Waals surface area contributed by atoms with Gasteiger partial charge in [-0.25, -0.2) is 4.21 Å². The van der Waals surface area contributed by atoms with Gasteiger partial charge >= 0.3 is 0 Å². The number of hydrogen-bond acceptors (Lipinski definition) is 3. The molecule has 8 unspecified atom stereocenters. The highest BCUT2D eigenvalue weighted by Gasteiger charge is 2.59. The first-order valence-electron chi connectivity index (χ1n) is 13.1. The summed E-state index contributed by atoms with van der Waals surface area (Å²) in [7, 11) is 0. The van der Waals surface area contributed by atoms with Crippen molar-refractivity contribution >= 4 is 11.1 Å². The Morgan fingerprint density at radius 1 is 0.969 bits per heavy atom. The van der Waals surface area contributed by atoms with Gasteiger partial charge in [-0.15, -0.1) is 0 Å². The van der Waals surface area contributed by atoms with Crippen LogP contribution >= 0.6 is 0 Å². The fourth-order valence-electron chi connectivity index (χ4n) is 8.80. The topological polar surface area (TPSA) is 46.5 Å². The van der Waals surface area contributed by atoms with Crippen LogP contribution in [0.1, 0.15) is 83.6 Å². The van der Waals surface area contributed by atoms with Crippen LogP contribution in [0.15, 0.2) is 29.2 Å². The molecule has 1 aromatic carbocycles. The number of hydrogen-bond donors (Lipinski definition) is 1. The summed E-state index contributed by atoms with van der Waals surface area (Å²) in [6, 6.07) is 7.83. The fraction of sp³-hybridized carbons (Fsp3) is 0.786. The van der Waals surface area contributed by atoms with Crippen molar-refractivity contribution < 1.29 is 13.5 Å². The molecule has 0 bridgehead atoms. The van der Waals surface area contributed by atoms with Gasteiger partial charge in [-0.3, -0.25) is 4.18 Å². The highest BCUT2D eigenvalue weighted by Crippen LogP contribution is 2.67. The first kappa shape index (κ1) is 23.1. The third-order valence-electron chi connectivity index (χ3n) is 10.7. The van der Waals surface area contributed by atoms with Crippen LogP contribution in [0.25, 0.3) is 0 Å². The summed E-state index contributed by atoms with van der Waals surface area (Å²) in [5.41, 5.74) is 2.06. The largest absolute Gasteiger partial charge is 0.393 e. The molecule has 0 radical (unpaired) electrons. The molecule has 178 valence electrons. The van der Waals surface area contributed by atoms with E-state index in [1.807, 2.05) is 31.2 Å². The van der Waals surface area contributed by atoms with Gasteiger partial charge in [0, 0.05) is 0 Å². The zero-order valence-electron chi connectivity index (χ0n) is 20.2. The number of rotatable bonds is 5. The molecule has 0 aromatic heterocycles. The number of fused-ring (bicyclic) bond motifs is 5. The van der Waals surface area contributed by atoms with E-state index in [9.17, 15) is 9.32 Å². The molecule has 0 aliphatic heterocycles. The molecule has 3 nitrogen and oxygen atoms in total. The third-order valence-corrected chi connectivity index (χ3v) is 11.7. The van der Waals surface area contributed by atoms with Crippen molar-refractivity contribution in [1.29, 1.82) is 0 Å². The predicted octanol–water partition coefficient (Wildman–Crippen LogP) is 6.44. The number of benzene rings is 1. The minimum Gasteiger partial charge on any atom is -0.393 e. The summed E-state index contributed by atoms with van der Waals surface area (Å²) >= 11 is -1.36. The van der Waals surface area contributed by atoms with E-state index in [1.165, 1.54) is 50.5 Å². The first-order valence-corrected chi connectivity index (χ1v) is 14.2. The van der Waals surface area contributed by atoms with Crippen LogP contribution in [-0.4, -0.2) is 22.0 Å². The zero-order chi connectivity index (χ0) is 22.5. The Bertz CT molecular complexity index is 838. The lowest BCUT2D eigenvalue weighted by molar-refractivity contribution is -0.127. The quantitative estimate of drug-likeness (QED) is 0.552. The summed E-state index contributed by atoms with van der Waals surface area (Å²) in [5, 5.41) is 10.3. The number of aliphatic hydroxyl groups is 1. The second-order valence-corrected chi connectivity index (χ2v) is 13.2. The van der Waals surface area contributed by atoms with Gasteiger partial charge in [0.05, 0.1) is 17.6 Å². The molecule has 0 spiro atoms. The van der Waals surface area contributed by atoms with Crippen LogP contribution in [0.2, 0.25) is 0 Å². The molecule has 4 aliphatic carbocycles. The van der Waals surface area contributed by atoms with Gasteiger partial charge in [-0.05, 0) is 124 Å². The predicted molar refractivity (Wildman–Crippen MR) is 129 cm³/mol. The molecular weight excluding hydrogens is 416 g/mol. The first-order chi connectivity index (χ1) is 15.3. The third kappa shape index (κ3) is 3.92. The Morgan fingerprint density at radius 3 is 2.47 bits per heavy atom. The van der Waals surface area contributed by atoms with Crippen molar-refractivity contribution in [1.82, 2.24) is 0 Å². The lowest BCUT2D eigenvalue weighted by atomic mass is 9.44. The van der Waals surface area contributed by atoms with Crippen LogP contribution in [0.4, 0.5) is 0 Å². The van der Waals surface area contributed by atoms with E-state index in [0.29, 0.717) is 23.4 Å². The summed E-state index contributed by atoms with van der Waals surface area (Å²) in [4.78, 5) is 0.772. The molecule has 0 saturated heterocycles. The monoisotopic (exact) mass is 458 g/mol. The SMILES string of the molecule is Cc1ccc(S(=O)OCCC2CCC3C4CCC5C[C@H](O)CCC5(C)C4CCC23C)cc1. The molecule has 4 heteroatoms. The summed E-state index contributed by atoms with van der Waals surface area (Å²) < 4.78 is 18.4. The van der Waals surface area contributed by atoms with Crippen molar-refractivity contribution in [2.24, 2.45) is 40.4 Å². The standard InChI is InChI=1S/C28H42O3S/c1-19-4-8-23(9-5-19)32(30)31-17-14-20-7-11-25-24-10-6-21-18-22(29)12-15-28(21,3)26(24)13-16-27(20,25)2/h4-5,8-9,20-22,24-26,29H,6-7,10-18H2,1-3H3/t20?,21?,22-,24?,25?,26?,27?,28?,32?/m1/s1. The summed E-state index contributed by atoms with van der Waals surface area (Å²) in [6.45, 7) is 7.79. The smallest absolute Gasteiger partial charge is 0.189 e. The minimum atomic E-state index is -1.36. The Balaban J connectivity index is 1.21. The molecule has 32 heavy (non-hydrogen) atoms. The Labute approximate surface area is 197 Å². The van der Waals surface area contributed by atoms with E-state index >= 15 is 0 Å². The molecule has 1 aromatic rings. The highest BCUT2D eigenvalue weighted by molar-refractivity contribution is 7.80. The molecule has 4 fully saturated rings. The van der Waals surface area contributed by atoms with Gasteiger partial charge in [0.15, 0.2) is 11.1 Å². The van der Waals surface area contributed by atoms with Crippen molar-refractivity contribution in [2.75, 3.05) is 6.61 Å². The molecule has 1 N–H and O–H groups in total. The van der Waals surface area contributed by atoms with Crippen LogP contribution in [0, 0.1) is 47.3 Å². The lowest BCUT2D eigenvalue weighted by Gasteiger charge is -2.61. The molecule has 0 heterocycles. The van der Waals surface area contributed by atoms with Gasteiger partial charge in [0.25, 0.3) is 0 Å². The van der Waals surface area contributed by atoms with Gasteiger partial charge in [-0.1, -0.05) is 31.5 Å². The maximum atomic E-state index is 12.5. The molecular formula is C28H42O3S. The molecule has 5 rings (SSSR count). The molecule has 4 saturated carbocycles. The Kier molecular flexibility index (Phi) is 6.35. The molecule has 9 atom stereocenters. The maximum Gasteiger partial charge on any atom is 0.189 e. The zero-order valence-corrected chi connectivity index (χ0v) is 21.0. The van der Waals surface area contributed by atoms with Gasteiger partial charge in [-0.2, -0.15) is 0 Å². The van der Waals surface area contributed by atoms with E-state index in [2.05, 4.69) is 13.8 Å². The molecule has 0 amide bonds. The molecule has 4 aliphatic rings. The van der Waals surface area contributed by atoms with Gasteiger partial charge in [0.1, 0.15) is 0 Å². The maximum absolute atomic E-state index is 12.5. The lowest BCUT2D eigenvalue weighted by Crippen LogP contribution is -2.53. The van der Waals surface area contributed by atoms with E-state index < -0.39 is 11.1 Å². The van der Waals surface area contributed by atoms with Crippen LogP contribution < -0.4 is 0 Å². The Hall–Kier alpha value is -0.710. The average Bonchev–Trinajstić information content (AvgIpc) is 3.11.